The number of halogens is 2. The first-order chi connectivity index (χ1) is 20.8. The Labute approximate surface area is 261 Å². The normalized spacial score (nSPS) is 11.7. The van der Waals surface area contributed by atoms with Gasteiger partial charge in [-0.05, 0) is 79.1 Å². The van der Waals surface area contributed by atoms with E-state index in [0.29, 0.717) is 32.6 Å². The molecule has 0 saturated heterocycles. The molecule has 0 aliphatic rings. The summed E-state index contributed by atoms with van der Waals surface area (Å²) in [5.41, 5.74) is 3.07. The number of hydrogen-bond donors (Lipinski definition) is 1. The van der Waals surface area contributed by atoms with E-state index in [1.807, 2.05) is 17.5 Å². The van der Waals surface area contributed by atoms with Gasteiger partial charge < -0.3 is 5.32 Å². The Morgan fingerprint density at radius 2 is 1.77 bits per heavy atom. The number of pyridine rings is 1. The van der Waals surface area contributed by atoms with Crippen LogP contribution in [-0.4, -0.2) is 21.9 Å². The summed E-state index contributed by atoms with van der Waals surface area (Å²) in [7, 11) is 0. The minimum Gasteiger partial charge on any atom is -0.325 e. The molecule has 0 aliphatic heterocycles. The number of amides is 1. The fourth-order valence-corrected chi connectivity index (χ4v) is 5.87. The van der Waals surface area contributed by atoms with Crippen LogP contribution in [0.2, 0.25) is 5.02 Å². The summed E-state index contributed by atoms with van der Waals surface area (Å²) in [5.74, 6) is -0.939. The Bertz CT molecular complexity index is 1850. The highest BCUT2D eigenvalue weighted by Crippen LogP contribution is 2.37. The van der Waals surface area contributed by atoms with Crippen molar-refractivity contribution in [2.45, 2.75) is 17.2 Å². The van der Waals surface area contributed by atoms with Gasteiger partial charge in [0.05, 0.1) is 16.5 Å². The molecule has 3 aromatic carbocycles. The number of hydrogen-bond acceptors (Lipinski definition) is 6. The molecule has 5 aromatic rings. The third kappa shape index (κ3) is 7.27. The van der Waals surface area contributed by atoms with Gasteiger partial charge in [-0.3, -0.25) is 9.59 Å². The molecular weight excluding hydrogens is 601 g/mol. The molecule has 2 heterocycles. The summed E-state index contributed by atoms with van der Waals surface area (Å²) in [6, 6.07) is 27.6. The molecule has 0 fully saturated rings. The van der Waals surface area contributed by atoms with Crippen LogP contribution in [0.3, 0.4) is 0 Å². The van der Waals surface area contributed by atoms with Gasteiger partial charge in [0.15, 0.2) is 5.78 Å². The second kappa shape index (κ2) is 13.6. The second-order valence-electron chi connectivity index (χ2n) is 9.37. The molecule has 1 amide bonds. The predicted molar refractivity (Wildman–Crippen MR) is 173 cm³/mol. The maximum atomic E-state index is 14.9. The largest absolute Gasteiger partial charge is 0.325 e. The van der Waals surface area contributed by atoms with Gasteiger partial charge in [0.2, 0.25) is 5.91 Å². The number of anilines is 1. The van der Waals surface area contributed by atoms with Crippen LogP contribution in [-0.2, 0) is 4.79 Å². The van der Waals surface area contributed by atoms with Gasteiger partial charge in [-0.15, -0.1) is 11.3 Å². The third-order valence-electron chi connectivity index (χ3n) is 6.44. The molecule has 5 nitrogen and oxygen atoms in total. The van der Waals surface area contributed by atoms with E-state index in [2.05, 4.69) is 11.4 Å². The minimum atomic E-state index is -0.663. The van der Waals surface area contributed by atoms with Crippen LogP contribution >= 0.6 is 34.7 Å². The van der Waals surface area contributed by atoms with E-state index < -0.39 is 11.1 Å². The lowest BCUT2D eigenvalue weighted by Crippen LogP contribution is -2.22. The summed E-state index contributed by atoms with van der Waals surface area (Å²) in [5, 5.41) is 15.1. The first-order valence-corrected chi connectivity index (χ1v) is 15.3. The number of nitrogens with zero attached hydrogens (tertiary/aromatic N) is 2. The Morgan fingerprint density at radius 3 is 2.44 bits per heavy atom. The zero-order valence-electron chi connectivity index (χ0n) is 22.8. The molecule has 9 heteroatoms. The van der Waals surface area contributed by atoms with Crippen molar-refractivity contribution in [1.29, 1.82) is 5.26 Å². The fourth-order valence-electron chi connectivity index (χ4n) is 4.20. The number of thiophene rings is 1. The first-order valence-electron chi connectivity index (χ1n) is 13.1. The van der Waals surface area contributed by atoms with Gasteiger partial charge >= 0.3 is 0 Å². The van der Waals surface area contributed by atoms with E-state index in [1.165, 1.54) is 12.1 Å². The van der Waals surface area contributed by atoms with Gasteiger partial charge in [-0.2, -0.15) is 5.26 Å². The van der Waals surface area contributed by atoms with Gasteiger partial charge in [-0.1, -0.05) is 59.8 Å². The molecule has 1 N–H and O–H groups in total. The summed E-state index contributed by atoms with van der Waals surface area (Å²) in [6.07, 6.45) is 3.29. The summed E-state index contributed by atoms with van der Waals surface area (Å²) < 4.78 is 14.9. The lowest BCUT2D eigenvalue weighted by atomic mass is 9.99. The molecule has 43 heavy (non-hydrogen) atoms. The fraction of sp³-hybridized carbons (Fsp3) is 0.0588. The monoisotopic (exact) mass is 623 g/mol. The number of rotatable bonds is 9. The number of aromatic nitrogens is 1. The predicted octanol–water partition coefficient (Wildman–Crippen LogP) is 9.16. The lowest BCUT2D eigenvalue weighted by Gasteiger charge is -2.16. The van der Waals surface area contributed by atoms with Gasteiger partial charge in [0.1, 0.15) is 16.9 Å². The molecule has 0 saturated carbocycles. The van der Waals surface area contributed by atoms with E-state index in [0.717, 1.165) is 22.2 Å². The Kier molecular flexibility index (Phi) is 9.48. The molecule has 1 atom stereocenters. The molecule has 0 spiro atoms. The second-order valence-corrected chi connectivity index (χ2v) is 12.1. The van der Waals surface area contributed by atoms with Crippen molar-refractivity contribution in [2.24, 2.45) is 0 Å². The van der Waals surface area contributed by atoms with Crippen LogP contribution in [0, 0.1) is 17.1 Å². The number of benzene rings is 3. The Balaban J connectivity index is 1.38. The maximum absolute atomic E-state index is 14.9. The van der Waals surface area contributed by atoms with E-state index in [4.69, 9.17) is 16.6 Å². The van der Waals surface area contributed by atoms with Gasteiger partial charge in [0, 0.05) is 37.8 Å². The molecule has 212 valence electrons. The van der Waals surface area contributed by atoms with Crippen LogP contribution in [0.15, 0.2) is 107 Å². The van der Waals surface area contributed by atoms with Gasteiger partial charge in [-0.25, -0.2) is 9.37 Å². The number of thioether (sulfide) groups is 1. The summed E-state index contributed by atoms with van der Waals surface area (Å²) in [4.78, 5) is 31.4. The third-order valence-corrected chi connectivity index (χ3v) is 8.61. The van der Waals surface area contributed by atoms with Crippen molar-refractivity contribution in [3.63, 3.8) is 0 Å². The van der Waals surface area contributed by atoms with Crippen molar-refractivity contribution in [1.82, 2.24) is 4.98 Å². The maximum Gasteiger partial charge on any atom is 0.237 e. The number of ketones is 1. The standard InChI is InChI=1S/C34H23ClFN3O2S2/c1-21(33(41)38-25-14-10-23(11-15-25)32(40)17-16-26-5-4-18-42-26)43-34-29(20-37)28(27-6-2-3-7-30(27)36)19-31(39-34)22-8-12-24(35)13-9-22/h2-19,21H,1H3,(H,38,41)/b17-16+/t21-/m0/s1. The van der Waals surface area contributed by atoms with Crippen LogP contribution in [0.1, 0.15) is 27.7 Å². The zero-order valence-corrected chi connectivity index (χ0v) is 25.1. The average Bonchev–Trinajstić information content (AvgIpc) is 3.54. The molecule has 0 aliphatic carbocycles. The van der Waals surface area contributed by atoms with Crippen molar-refractivity contribution in [3.8, 4) is 28.5 Å². The highest BCUT2D eigenvalue weighted by molar-refractivity contribution is 8.00. The molecule has 5 rings (SSSR count). The van der Waals surface area contributed by atoms with E-state index in [1.54, 1.807) is 97.1 Å². The minimum absolute atomic E-state index is 0.142. The number of carbonyl (C=O) groups is 2. The van der Waals surface area contributed by atoms with Gasteiger partial charge in [0.25, 0.3) is 0 Å². The summed E-state index contributed by atoms with van der Waals surface area (Å²) in [6.45, 7) is 1.70. The Morgan fingerprint density at radius 1 is 1.02 bits per heavy atom. The molecule has 2 aromatic heterocycles. The first kappa shape index (κ1) is 29.9. The number of allylic oxidation sites excluding steroid dienone is 1. The van der Waals surface area contributed by atoms with Crippen LogP contribution in [0.25, 0.3) is 28.5 Å². The lowest BCUT2D eigenvalue weighted by molar-refractivity contribution is -0.115. The van der Waals surface area contributed by atoms with E-state index in [-0.39, 0.29) is 22.8 Å². The smallest absolute Gasteiger partial charge is 0.237 e. The highest BCUT2D eigenvalue weighted by atomic mass is 35.5. The molecule has 0 bridgehead atoms. The van der Waals surface area contributed by atoms with Crippen LogP contribution < -0.4 is 5.32 Å². The van der Waals surface area contributed by atoms with Crippen molar-refractivity contribution >= 4 is 58.2 Å². The quantitative estimate of drug-likeness (QED) is 0.101. The zero-order chi connectivity index (χ0) is 30.3. The molecular formula is C34H23ClFN3O2S2. The van der Waals surface area contributed by atoms with Crippen molar-refractivity contribution < 1.29 is 14.0 Å². The number of carbonyl (C=O) groups excluding carboxylic acids is 2. The highest BCUT2D eigenvalue weighted by Gasteiger charge is 2.22. The number of nitriles is 1. The topological polar surface area (TPSA) is 82.8 Å². The van der Waals surface area contributed by atoms with Crippen molar-refractivity contribution in [3.05, 3.63) is 129 Å². The van der Waals surface area contributed by atoms with Crippen LogP contribution in [0.5, 0.6) is 0 Å². The van der Waals surface area contributed by atoms with E-state index in [9.17, 15) is 19.2 Å². The van der Waals surface area contributed by atoms with Crippen LogP contribution in [0.4, 0.5) is 10.1 Å². The molecule has 0 radical (unpaired) electrons. The number of nitrogens with one attached hydrogen (secondary N) is 1. The van der Waals surface area contributed by atoms with Crippen molar-refractivity contribution in [2.75, 3.05) is 5.32 Å². The average molecular weight is 624 g/mol. The SMILES string of the molecule is C[C@H](Sc1nc(-c2ccc(Cl)cc2)cc(-c2ccccc2F)c1C#N)C(=O)Nc1ccc(C(=O)/C=C/c2cccs2)cc1. The Hall–Kier alpha value is -4.55. The van der Waals surface area contributed by atoms with E-state index >= 15 is 0 Å². The summed E-state index contributed by atoms with van der Waals surface area (Å²) >= 11 is 8.72. The molecule has 0 unspecified atom stereocenters.